The Labute approximate surface area is 160 Å². The second kappa shape index (κ2) is 7.93. The standard InChI is InChI=1S/C17H20N6OS2/c1-2-11(26-17-21-13(19)7-14(20)22-17)15(24)23-16-10(8-18)9-5-3-4-6-12(9)25-16/h7,11H,2-6H2,1H3,(H,23,24)(H4,19,20,21,22)/t11-/m0/s1. The lowest BCUT2D eigenvalue weighted by Gasteiger charge is -2.13. The molecule has 1 atom stereocenters. The number of amides is 1. The molecule has 0 spiro atoms. The van der Waals surface area contributed by atoms with Crippen molar-refractivity contribution in [2.24, 2.45) is 0 Å². The Morgan fingerprint density at radius 2 is 2.08 bits per heavy atom. The summed E-state index contributed by atoms with van der Waals surface area (Å²) in [4.78, 5) is 22.2. The van der Waals surface area contributed by atoms with Gasteiger partial charge in [0, 0.05) is 10.9 Å². The molecule has 1 aliphatic carbocycles. The number of carbonyl (C=O) groups is 1. The van der Waals surface area contributed by atoms with Crippen LogP contribution in [0.4, 0.5) is 16.6 Å². The number of hydrogen-bond donors (Lipinski definition) is 3. The number of thioether (sulfide) groups is 1. The fraction of sp³-hybridized carbons (Fsp3) is 0.412. The van der Waals surface area contributed by atoms with Crippen LogP contribution in [0.25, 0.3) is 0 Å². The van der Waals surface area contributed by atoms with Crippen LogP contribution in [-0.4, -0.2) is 21.1 Å². The summed E-state index contributed by atoms with van der Waals surface area (Å²) in [6, 6.07) is 3.73. The van der Waals surface area contributed by atoms with Gasteiger partial charge in [-0.15, -0.1) is 11.3 Å². The molecule has 0 saturated heterocycles. The number of nitriles is 1. The van der Waals surface area contributed by atoms with E-state index in [1.807, 2.05) is 6.92 Å². The molecule has 2 aromatic heterocycles. The van der Waals surface area contributed by atoms with Gasteiger partial charge in [-0.1, -0.05) is 18.7 Å². The first-order valence-electron chi connectivity index (χ1n) is 8.44. The Morgan fingerprint density at radius 3 is 2.73 bits per heavy atom. The minimum atomic E-state index is -0.401. The van der Waals surface area contributed by atoms with Crippen LogP contribution in [0.5, 0.6) is 0 Å². The third-order valence-corrected chi connectivity index (χ3v) is 6.61. The van der Waals surface area contributed by atoms with Gasteiger partial charge in [0.2, 0.25) is 5.91 Å². The number of hydrogen-bond acceptors (Lipinski definition) is 8. The van der Waals surface area contributed by atoms with E-state index in [0.717, 1.165) is 31.2 Å². The predicted molar refractivity (Wildman–Crippen MR) is 105 cm³/mol. The molecule has 7 nitrogen and oxygen atoms in total. The molecule has 0 bridgehead atoms. The van der Waals surface area contributed by atoms with Gasteiger partial charge in [0.1, 0.15) is 22.7 Å². The molecule has 2 aromatic rings. The minimum Gasteiger partial charge on any atom is -0.383 e. The van der Waals surface area contributed by atoms with Crippen molar-refractivity contribution in [3.63, 3.8) is 0 Å². The van der Waals surface area contributed by atoms with Crippen molar-refractivity contribution in [2.75, 3.05) is 16.8 Å². The third kappa shape index (κ3) is 3.92. The van der Waals surface area contributed by atoms with Crippen LogP contribution in [0, 0.1) is 11.3 Å². The van der Waals surface area contributed by atoms with Crippen molar-refractivity contribution in [3.05, 3.63) is 22.1 Å². The molecular weight excluding hydrogens is 368 g/mol. The largest absolute Gasteiger partial charge is 0.383 e. The second-order valence-corrected chi connectivity index (χ2v) is 8.31. The molecule has 0 aromatic carbocycles. The van der Waals surface area contributed by atoms with Gasteiger partial charge in [0.15, 0.2) is 5.16 Å². The number of nitrogen functional groups attached to an aromatic ring is 2. The van der Waals surface area contributed by atoms with Crippen molar-refractivity contribution < 1.29 is 4.79 Å². The molecule has 3 rings (SSSR count). The van der Waals surface area contributed by atoms with Crippen molar-refractivity contribution in [3.8, 4) is 6.07 Å². The van der Waals surface area contributed by atoms with Gasteiger partial charge in [-0.3, -0.25) is 4.79 Å². The third-order valence-electron chi connectivity index (χ3n) is 4.18. The maximum atomic E-state index is 12.7. The molecule has 0 unspecified atom stereocenters. The van der Waals surface area contributed by atoms with Crippen molar-refractivity contribution >= 4 is 45.6 Å². The molecule has 136 valence electrons. The van der Waals surface area contributed by atoms with Crippen LogP contribution in [0.3, 0.4) is 0 Å². The Kier molecular flexibility index (Phi) is 5.64. The molecule has 9 heteroatoms. The number of carbonyl (C=O) groups excluding carboxylic acids is 1. The first kappa shape index (κ1) is 18.5. The number of fused-ring (bicyclic) bond motifs is 1. The monoisotopic (exact) mass is 388 g/mol. The molecule has 0 saturated carbocycles. The van der Waals surface area contributed by atoms with Crippen molar-refractivity contribution in [1.82, 2.24) is 9.97 Å². The van der Waals surface area contributed by atoms with E-state index in [-0.39, 0.29) is 17.5 Å². The van der Waals surface area contributed by atoms with E-state index in [2.05, 4.69) is 21.4 Å². The number of nitrogens with zero attached hydrogens (tertiary/aromatic N) is 3. The summed E-state index contributed by atoms with van der Waals surface area (Å²) in [6.07, 6.45) is 4.70. The zero-order valence-electron chi connectivity index (χ0n) is 14.4. The Bertz CT molecular complexity index is 853. The molecular formula is C17H20N6OS2. The van der Waals surface area contributed by atoms with E-state index in [1.165, 1.54) is 34.0 Å². The van der Waals surface area contributed by atoms with Crippen LogP contribution in [0.2, 0.25) is 0 Å². The summed E-state index contributed by atoms with van der Waals surface area (Å²) in [5.74, 6) is 0.373. The highest BCUT2D eigenvalue weighted by Gasteiger charge is 2.25. The fourth-order valence-electron chi connectivity index (χ4n) is 2.93. The lowest BCUT2D eigenvalue weighted by molar-refractivity contribution is -0.115. The minimum absolute atomic E-state index is 0.169. The molecule has 0 fully saturated rings. The van der Waals surface area contributed by atoms with Gasteiger partial charge in [-0.05, 0) is 37.7 Å². The van der Waals surface area contributed by atoms with Gasteiger partial charge in [-0.2, -0.15) is 5.26 Å². The Hall–Kier alpha value is -2.31. The first-order valence-corrected chi connectivity index (χ1v) is 10.1. The lowest BCUT2D eigenvalue weighted by atomic mass is 9.96. The molecule has 0 aliphatic heterocycles. The number of aryl methyl sites for hydroxylation is 1. The van der Waals surface area contributed by atoms with Gasteiger partial charge in [0.25, 0.3) is 0 Å². The molecule has 0 radical (unpaired) electrons. The van der Waals surface area contributed by atoms with E-state index in [9.17, 15) is 10.1 Å². The average molecular weight is 389 g/mol. The van der Waals surface area contributed by atoms with Gasteiger partial charge in [-0.25, -0.2) is 9.97 Å². The van der Waals surface area contributed by atoms with Crippen molar-refractivity contribution in [2.45, 2.75) is 49.4 Å². The lowest BCUT2D eigenvalue weighted by Crippen LogP contribution is -2.25. The maximum absolute atomic E-state index is 12.7. The van der Waals surface area contributed by atoms with Crippen LogP contribution >= 0.6 is 23.1 Å². The Balaban J connectivity index is 1.78. The number of nitrogens with one attached hydrogen (secondary N) is 1. The van der Waals surface area contributed by atoms with E-state index < -0.39 is 5.25 Å². The molecule has 26 heavy (non-hydrogen) atoms. The fourth-order valence-corrected chi connectivity index (χ4v) is 5.07. The van der Waals surface area contributed by atoms with E-state index in [4.69, 9.17) is 11.5 Å². The second-order valence-electron chi connectivity index (χ2n) is 6.03. The number of anilines is 3. The summed E-state index contributed by atoms with van der Waals surface area (Å²) in [6.45, 7) is 1.91. The topological polar surface area (TPSA) is 131 Å². The number of thiophene rings is 1. The van der Waals surface area contributed by atoms with Crippen molar-refractivity contribution in [1.29, 1.82) is 5.26 Å². The van der Waals surface area contributed by atoms with Crippen LogP contribution in [-0.2, 0) is 17.6 Å². The van der Waals surface area contributed by atoms with Crippen LogP contribution < -0.4 is 16.8 Å². The van der Waals surface area contributed by atoms with Gasteiger partial charge in [0.05, 0.1) is 10.8 Å². The average Bonchev–Trinajstić information content (AvgIpc) is 2.95. The van der Waals surface area contributed by atoms with E-state index >= 15 is 0 Å². The predicted octanol–water partition coefficient (Wildman–Crippen LogP) is 2.96. The molecule has 2 heterocycles. The Morgan fingerprint density at radius 1 is 1.38 bits per heavy atom. The highest BCUT2D eigenvalue weighted by atomic mass is 32.2. The van der Waals surface area contributed by atoms with Crippen LogP contribution in [0.1, 0.15) is 42.2 Å². The maximum Gasteiger partial charge on any atom is 0.238 e. The van der Waals surface area contributed by atoms with Gasteiger partial charge < -0.3 is 16.8 Å². The van der Waals surface area contributed by atoms with E-state index in [0.29, 0.717) is 22.1 Å². The quantitative estimate of drug-likeness (QED) is 0.530. The SMILES string of the molecule is CC[C@H](Sc1nc(N)cc(N)n1)C(=O)Nc1sc2c(c1C#N)CCCC2. The summed E-state index contributed by atoms with van der Waals surface area (Å²) >= 11 is 2.74. The highest BCUT2D eigenvalue weighted by Crippen LogP contribution is 2.38. The smallest absolute Gasteiger partial charge is 0.238 e. The summed E-state index contributed by atoms with van der Waals surface area (Å²) in [7, 11) is 0. The summed E-state index contributed by atoms with van der Waals surface area (Å²) in [5.41, 5.74) is 13.1. The van der Waals surface area contributed by atoms with Gasteiger partial charge >= 0.3 is 0 Å². The number of aromatic nitrogens is 2. The zero-order valence-corrected chi connectivity index (χ0v) is 16.0. The molecule has 5 N–H and O–H groups in total. The summed E-state index contributed by atoms with van der Waals surface area (Å²) < 4.78 is 0. The zero-order chi connectivity index (χ0) is 18.7. The number of rotatable bonds is 5. The molecule has 1 amide bonds. The summed E-state index contributed by atoms with van der Waals surface area (Å²) in [5, 5.41) is 13.1. The first-order chi connectivity index (χ1) is 12.5. The van der Waals surface area contributed by atoms with E-state index in [1.54, 1.807) is 0 Å². The highest BCUT2D eigenvalue weighted by molar-refractivity contribution is 8.00. The molecule has 1 aliphatic rings. The normalized spacial score (nSPS) is 14.3. The number of nitrogens with two attached hydrogens (primary N) is 2. The van der Waals surface area contributed by atoms with Crippen LogP contribution in [0.15, 0.2) is 11.2 Å².